The second kappa shape index (κ2) is 5.89. The zero-order valence-electron chi connectivity index (χ0n) is 10.7. The highest BCUT2D eigenvalue weighted by Crippen LogP contribution is 2.32. The number of hydrogen-bond acceptors (Lipinski definition) is 2. The van der Waals surface area contributed by atoms with Crippen LogP contribution < -0.4 is 9.57 Å². The van der Waals surface area contributed by atoms with Crippen LogP contribution in [-0.2, 0) is 0 Å². The molecule has 0 bridgehead atoms. The van der Waals surface area contributed by atoms with Gasteiger partial charge in [0.2, 0.25) is 0 Å². The fourth-order valence-corrected chi connectivity index (χ4v) is 2.27. The maximum Gasteiger partial charge on any atom is 0.165 e. The summed E-state index contributed by atoms with van der Waals surface area (Å²) in [6, 6.07) is 4.94. The van der Waals surface area contributed by atoms with E-state index in [9.17, 15) is 4.39 Å². The average molecular weight is 272 g/mol. The third-order valence-corrected chi connectivity index (χ3v) is 3.51. The summed E-state index contributed by atoms with van der Waals surface area (Å²) in [4.78, 5) is 2.74. The van der Waals surface area contributed by atoms with Gasteiger partial charge < -0.3 is 4.74 Å². The largest absolute Gasteiger partial charge is 0.490 e. The Morgan fingerprint density at radius 3 is 2.72 bits per heavy atom. The summed E-state index contributed by atoms with van der Waals surface area (Å²) in [6.45, 7) is 4.74. The molecule has 0 saturated heterocycles. The predicted molar refractivity (Wildman–Crippen MR) is 71.2 cm³/mol. The minimum atomic E-state index is -0.309. The number of halogens is 2. The molecule has 0 aromatic heterocycles. The van der Waals surface area contributed by atoms with Gasteiger partial charge in [0.05, 0.1) is 6.61 Å². The molecule has 1 atom stereocenters. The molecule has 1 N–H and O–H groups in total. The quantitative estimate of drug-likeness (QED) is 0.788. The van der Waals surface area contributed by atoms with Crippen LogP contribution in [0.2, 0.25) is 0 Å². The van der Waals surface area contributed by atoms with Crippen molar-refractivity contribution in [2.75, 3.05) is 6.61 Å². The van der Waals surface area contributed by atoms with Gasteiger partial charge in [0.25, 0.3) is 0 Å². The highest BCUT2D eigenvalue weighted by atomic mass is 35.5. The van der Waals surface area contributed by atoms with Gasteiger partial charge in [0.15, 0.2) is 11.6 Å². The second-order valence-electron chi connectivity index (χ2n) is 5.28. The van der Waals surface area contributed by atoms with Gasteiger partial charge in [-0.3, -0.25) is 0 Å². The Bertz CT molecular complexity index is 407. The zero-order valence-corrected chi connectivity index (χ0v) is 11.5. The Balaban J connectivity index is 2.12. The molecule has 2 nitrogen and oxygen atoms in total. The van der Waals surface area contributed by atoms with Gasteiger partial charge in [0, 0.05) is 6.04 Å². The van der Waals surface area contributed by atoms with Crippen LogP contribution in [0.25, 0.3) is 0 Å². The third-order valence-electron chi connectivity index (χ3n) is 3.27. The van der Waals surface area contributed by atoms with Gasteiger partial charge >= 0.3 is 0 Å². The molecule has 0 aliphatic heterocycles. The molecule has 1 unspecified atom stereocenters. The summed E-state index contributed by atoms with van der Waals surface area (Å²) in [5, 5.41) is 0. The van der Waals surface area contributed by atoms with E-state index in [0.29, 0.717) is 24.2 Å². The molecule has 1 aliphatic rings. The van der Waals surface area contributed by atoms with Crippen LogP contribution in [0, 0.1) is 17.7 Å². The molecule has 0 amide bonds. The number of hydrogen-bond donors (Lipinski definition) is 1. The fraction of sp³-hybridized carbons (Fsp3) is 0.571. The van der Waals surface area contributed by atoms with E-state index in [0.717, 1.165) is 5.56 Å². The fourth-order valence-electron chi connectivity index (χ4n) is 1.89. The molecule has 0 heterocycles. The topological polar surface area (TPSA) is 21.3 Å². The number of ether oxygens (including phenoxy) is 1. The van der Waals surface area contributed by atoms with Crippen molar-refractivity contribution in [2.45, 2.75) is 32.7 Å². The molecule has 2 rings (SSSR count). The minimum absolute atomic E-state index is 0.00413. The lowest BCUT2D eigenvalue weighted by Crippen LogP contribution is -2.17. The van der Waals surface area contributed by atoms with Gasteiger partial charge in [-0.2, -0.15) is 0 Å². The molecule has 0 radical (unpaired) electrons. The first-order valence-corrected chi connectivity index (χ1v) is 6.78. The van der Waals surface area contributed by atoms with Crippen LogP contribution in [0.3, 0.4) is 0 Å². The van der Waals surface area contributed by atoms with Crippen LogP contribution in [0.5, 0.6) is 5.75 Å². The molecule has 1 aliphatic carbocycles. The van der Waals surface area contributed by atoms with E-state index in [2.05, 4.69) is 18.7 Å². The Morgan fingerprint density at radius 1 is 1.44 bits per heavy atom. The highest BCUT2D eigenvalue weighted by molar-refractivity contribution is 6.13. The first-order chi connectivity index (χ1) is 8.61. The molecular weight excluding hydrogens is 253 g/mol. The molecule has 1 saturated carbocycles. The lowest BCUT2D eigenvalue weighted by molar-refractivity contribution is 0.284. The first kappa shape index (κ1) is 13.6. The minimum Gasteiger partial charge on any atom is -0.490 e. The normalized spacial score (nSPS) is 16.9. The van der Waals surface area contributed by atoms with Gasteiger partial charge in [-0.25, -0.2) is 9.23 Å². The van der Waals surface area contributed by atoms with Crippen molar-refractivity contribution in [2.24, 2.45) is 11.8 Å². The molecule has 100 valence electrons. The summed E-state index contributed by atoms with van der Waals surface area (Å²) >= 11 is 5.74. The summed E-state index contributed by atoms with van der Waals surface area (Å²) < 4.78 is 19.2. The third kappa shape index (κ3) is 3.36. The van der Waals surface area contributed by atoms with Crippen LogP contribution in [-0.4, -0.2) is 6.61 Å². The van der Waals surface area contributed by atoms with E-state index in [4.69, 9.17) is 16.5 Å². The number of nitrogens with one attached hydrogen (secondary N) is 1. The van der Waals surface area contributed by atoms with Crippen molar-refractivity contribution in [1.82, 2.24) is 4.84 Å². The van der Waals surface area contributed by atoms with Crippen LogP contribution >= 0.6 is 11.8 Å². The van der Waals surface area contributed by atoms with Crippen molar-refractivity contribution < 1.29 is 9.13 Å². The Hall–Kier alpha value is -0.800. The molecule has 0 spiro atoms. The van der Waals surface area contributed by atoms with Gasteiger partial charge in [-0.1, -0.05) is 19.9 Å². The average Bonchev–Trinajstić information content (AvgIpc) is 3.14. The summed E-state index contributed by atoms with van der Waals surface area (Å²) in [7, 11) is 0. The van der Waals surface area contributed by atoms with E-state index >= 15 is 0 Å². The van der Waals surface area contributed by atoms with Crippen LogP contribution in [0.15, 0.2) is 18.2 Å². The van der Waals surface area contributed by atoms with Gasteiger partial charge in [-0.15, -0.1) is 0 Å². The molecule has 1 aromatic rings. The Morgan fingerprint density at radius 2 is 2.17 bits per heavy atom. The summed E-state index contributed by atoms with van der Waals surface area (Å²) in [6.07, 6.45) is 2.39. The van der Waals surface area contributed by atoms with Crippen molar-refractivity contribution in [1.29, 1.82) is 0 Å². The molecular formula is C14H19ClFNO. The zero-order chi connectivity index (χ0) is 13.1. The van der Waals surface area contributed by atoms with Gasteiger partial charge in [-0.05, 0) is 54.2 Å². The summed E-state index contributed by atoms with van der Waals surface area (Å²) in [5.41, 5.74) is 0.951. The van der Waals surface area contributed by atoms with Crippen molar-refractivity contribution >= 4 is 11.8 Å². The van der Waals surface area contributed by atoms with E-state index in [-0.39, 0.29) is 11.9 Å². The van der Waals surface area contributed by atoms with Crippen molar-refractivity contribution in [3.63, 3.8) is 0 Å². The first-order valence-electron chi connectivity index (χ1n) is 6.40. The van der Waals surface area contributed by atoms with Crippen molar-refractivity contribution in [3.8, 4) is 5.75 Å². The molecule has 1 aromatic carbocycles. The lowest BCUT2D eigenvalue weighted by Gasteiger charge is -2.20. The predicted octanol–water partition coefficient (Wildman–Crippen LogP) is 4.06. The molecule has 1 fully saturated rings. The lowest BCUT2D eigenvalue weighted by atomic mass is 9.97. The SMILES string of the molecule is CC(C)C(NCl)c1ccc(F)c(OCC2CC2)c1. The Kier molecular flexibility index (Phi) is 4.46. The van der Waals surface area contributed by atoms with E-state index in [1.165, 1.54) is 18.9 Å². The maximum absolute atomic E-state index is 13.6. The van der Waals surface area contributed by atoms with Crippen LogP contribution in [0.1, 0.15) is 38.3 Å². The van der Waals surface area contributed by atoms with E-state index in [1.54, 1.807) is 12.1 Å². The van der Waals surface area contributed by atoms with Crippen molar-refractivity contribution in [3.05, 3.63) is 29.6 Å². The monoisotopic (exact) mass is 271 g/mol. The number of rotatable bonds is 6. The second-order valence-corrected chi connectivity index (χ2v) is 5.49. The Labute approximate surface area is 113 Å². The number of benzene rings is 1. The maximum atomic E-state index is 13.6. The van der Waals surface area contributed by atoms with Gasteiger partial charge in [0.1, 0.15) is 0 Å². The van der Waals surface area contributed by atoms with E-state index < -0.39 is 0 Å². The van der Waals surface area contributed by atoms with E-state index in [1.807, 2.05) is 0 Å². The summed E-state index contributed by atoms with van der Waals surface area (Å²) in [5.74, 6) is 0.956. The molecule has 4 heteroatoms. The molecule has 18 heavy (non-hydrogen) atoms. The van der Waals surface area contributed by atoms with Crippen LogP contribution in [0.4, 0.5) is 4.39 Å². The smallest absolute Gasteiger partial charge is 0.165 e. The highest BCUT2D eigenvalue weighted by Gasteiger charge is 2.23. The standard InChI is InChI=1S/C14H19ClFNO/c1-9(2)14(17-15)11-5-6-12(16)13(7-11)18-8-10-3-4-10/h5-7,9-10,14,17H,3-4,8H2,1-2H3.